The van der Waals surface area contributed by atoms with Crippen LogP contribution in [0.5, 0.6) is 5.75 Å². The van der Waals surface area contributed by atoms with E-state index in [-0.39, 0.29) is 5.91 Å². The van der Waals surface area contributed by atoms with Gasteiger partial charge >= 0.3 is 0 Å². The summed E-state index contributed by atoms with van der Waals surface area (Å²) in [6.45, 7) is 0. The Balaban J connectivity index is 1.78. The van der Waals surface area contributed by atoms with E-state index in [2.05, 4.69) is 27.9 Å². The number of para-hydroxylation sites is 1. The van der Waals surface area contributed by atoms with Crippen LogP contribution < -0.4 is 10.1 Å². The van der Waals surface area contributed by atoms with Gasteiger partial charge in [0.15, 0.2) is 6.10 Å². The molecule has 1 N–H and O–H groups in total. The lowest BCUT2D eigenvalue weighted by molar-refractivity contribution is -0.122. The van der Waals surface area contributed by atoms with Crippen LogP contribution in [-0.2, 0) is 11.2 Å². The lowest BCUT2D eigenvalue weighted by Crippen LogP contribution is -2.31. The molecule has 1 aliphatic rings. The molecule has 1 aliphatic heterocycles. The average molecular weight is 379 g/mol. The molecule has 3 rings (SSSR count). The number of hydrogen-bond donors (Lipinski definition) is 1. The van der Waals surface area contributed by atoms with Crippen LogP contribution in [0.4, 0.5) is 5.69 Å². The molecule has 0 saturated carbocycles. The van der Waals surface area contributed by atoms with Gasteiger partial charge in [0.1, 0.15) is 5.75 Å². The summed E-state index contributed by atoms with van der Waals surface area (Å²) in [6, 6.07) is 15.6. The third-order valence-electron chi connectivity index (χ3n) is 3.32. The van der Waals surface area contributed by atoms with Gasteiger partial charge in [0.25, 0.3) is 5.91 Å². The van der Waals surface area contributed by atoms with Crippen molar-refractivity contribution in [3.05, 3.63) is 57.7 Å². The van der Waals surface area contributed by atoms with Crippen molar-refractivity contribution >= 4 is 34.2 Å². The Labute approximate surface area is 131 Å². The summed E-state index contributed by atoms with van der Waals surface area (Å²) in [5, 5.41) is 2.94. The van der Waals surface area contributed by atoms with Crippen molar-refractivity contribution in [2.75, 3.05) is 5.32 Å². The molecule has 3 nitrogen and oxygen atoms in total. The van der Waals surface area contributed by atoms with E-state index in [1.165, 1.54) is 0 Å². The summed E-state index contributed by atoms with van der Waals surface area (Å²) in [6.07, 6.45) is 1.08. The number of rotatable bonds is 2. The summed E-state index contributed by atoms with van der Waals surface area (Å²) in [4.78, 5) is 12.2. The largest absolute Gasteiger partial charge is 0.481 e. The molecule has 0 bridgehead atoms. The molecule has 0 radical (unpaired) electrons. The maximum Gasteiger partial charge on any atom is 0.265 e. The van der Waals surface area contributed by atoms with E-state index in [0.29, 0.717) is 6.42 Å². The zero-order valence-electron chi connectivity index (χ0n) is 10.8. The van der Waals surface area contributed by atoms with E-state index in [0.717, 1.165) is 27.0 Å². The van der Waals surface area contributed by atoms with Gasteiger partial charge in [0.05, 0.1) is 0 Å². The fourth-order valence-electron chi connectivity index (χ4n) is 2.31. The summed E-state index contributed by atoms with van der Waals surface area (Å²) in [5.41, 5.74) is 2.06. The first-order valence-corrected chi connectivity index (χ1v) is 7.61. The number of amides is 1. The van der Waals surface area contributed by atoms with Crippen LogP contribution in [0.2, 0.25) is 0 Å². The molecule has 1 atom stereocenters. The van der Waals surface area contributed by atoms with Crippen LogP contribution in [0.15, 0.2) is 48.5 Å². The van der Waals surface area contributed by atoms with Crippen molar-refractivity contribution in [2.24, 2.45) is 0 Å². The lowest BCUT2D eigenvalue weighted by Gasteiger charge is -2.16. The Hall–Kier alpha value is -1.56. The van der Waals surface area contributed by atoms with Crippen LogP contribution in [0.1, 0.15) is 12.0 Å². The van der Waals surface area contributed by atoms with E-state index in [1.54, 1.807) is 0 Å². The van der Waals surface area contributed by atoms with Gasteiger partial charge in [-0.05, 0) is 65.3 Å². The van der Waals surface area contributed by atoms with E-state index < -0.39 is 6.10 Å². The first-order chi connectivity index (χ1) is 9.72. The van der Waals surface area contributed by atoms with Crippen LogP contribution in [0.25, 0.3) is 0 Å². The van der Waals surface area contributed by atoms with Gasteiger partial charge in [-0.3, -0.25) is 4.79 Å². The number of benzene rings is 2. The number of carbonyl (C=O) groups is 1. The number of carbonyl (C=O) groups excluding carboxylic acids is 1. The summed E-state index contributed by atoms with van der Waals surface area (Å²) in [5.74, 6) is 0.664. The molecule has 4 heteroatoms. The molecule has 0 saturated heterocycles. The quantitative estimate of drug-likeness (QED) is 0.810. The number of ether oxygens (including phenoxy) is 1. The highest BCUT2D eigenvalue weighted by atomic mass is 127. The molecule has 0 aliphatic carbocycles. The molecule has 0 spiro atoms. The first kappa shape index (κ1) is 13.4. The van der Waals surface area contributed by atoms with Gasteiger partial charge in [-0.25, -0.2) is 0 Å². The van der Waals surface area contributed by atoms with Gasteiger partial charge in [-0.15, -0.1) is 0 Å². The van der Waals surface area contributed by atoms with Crippen molar-refractivity contribution < 1.29 is 9.53 Å². The van der Waals surface area contributed by atoms with Crippen LogP contribution in [0, 0.1) is 3.57 Å². The van der Waals surface area contributed by atoms with Crippen LogP contribution in [-0.4, -0.2) is 12.0 Å². The highest BCUT2D eigenvalue weighted by molar-refractivity contribution is 14.1. The minimum absolute atomic E-state index is 0.0752. The Bertz CT molecular complexity index is 642. The Morgan fingerprint density at radius 3 is 2.85 bits per heavy atom. The smallest absolute Gasteiger partial charge is 0.265 e. The van der Waals surface area contributed by atoms with E-state index in [1.807, 2.05) is 48.5 Å². The molecule has 0 fully saturated rings. The van der Waals surface area contributed by atoms with Gasteiger partial charge in [-0.1, -0.05) is 24.3 Å². The molecular formula is C16H14INO2. The zero-order chi connectivity index (χ0) is 13.9. The zero-order valence-corrected chi connectivity index (χ0v) is 13.0. The Morgan fingerprint density at radius 2 is 2.00 bits per heavy atom. The summed E-state index contributed by atoms with van der Waals surface area (Å²) >= 11 is 2.23. The molecule has 2 aromatic rings. The Morgan fingerprint density at radius 1 is 1.15 bits per heavy atom. The molecule has 20 heavy (non-hydrogen) atoms. The maximum absolute atomic E-state index is 12.2. The lowest BCUT2D eigenvalue weighted by atomic mass is 10.1. The monoisotopic (exact) mass is 379 g/mol. The SMILES string of the molecule is O=C1Nc2ccccc2CCC1Oc1cccc(I)c1. The molecule has 1 heterocycles. The normalized spacial score (nSPS) is 17.9. The highest BCUT2D eigenvalue weighted by Crippen LogP contribution is 2.24. The Kier molecular flexibility index (Phi) is 3.91. The molecule has 1 unspecified atom stereocenters. The highest BCUT2D eigenvalue weighted by Gasteiger charge is 2.24. The molecule has 1 amide bonds. The van der Waals surface area contributed by atoms with Crippen molar-refractivity contribution in [3.63, 3.8) is 0 Å². The molecule has 2 aromatic carbocycles. The van der Waals surface area contributed by atoms with Crippen molar-refractivity contribution in [3.8, 4) is 5.75 Å². The van der Waals surface area contributed by atoms with E-state index in [9.17, 15) is 4.79 Å². The fourth-order valence-corrected chi connectivity index (χ4v) is 2.82. The van der Waals surface area contributed by atoms with Gasteiger partial charge < -0.3 is 10.1 Å². The number of fused-ring (bicyclic) bond motifs is 1. The van der Waals surface area contributed by atoms with Gasteiger partial charge in [-0.2, -0.15) is 0 Å². The number of halogens is 1. The van der Waals surface area contributed by atoms with Crippen molar-refractivity contribution in [1.82, 2.24) is 0 Å². The number of hydrogen-bond acceptors (Lipinski definition) is 2. The molecule has 102 valence electrons. The predicted molar refractivity (Wildman–Crippen MR) is 87.0 cm³/mol. The number of nitrogens with one attached hydrogen (secondary N) is 1. The first-order valence-electron chi connectivity index (χ1n) is 6.53. The summed E-state index contributed by atoms with van der Waals surface area (Å²) < 4.78 is 6.94. The van der Waals surface area contributed by atoms with E-state index in [4.69, 9.17) is 4.74 Å². The second-order valence-corrected chi connectivity index (χ2v) is 5.99. The third-order valence-corrected chi connectivity index (χ3v) is 3.99. The van der Waals surface area contributed by atoms with Gasteiger partial charge in [0, 0.05) is 9.26 Å². The average Bonchev–Trinajstić information content (AvgIpc) is 2.59. The van der Waals surface area contributed by atoms with Crippen molar-refractivity contribution in [2.45, 2.75) is 18.9 Å². The minimum Gasteiger partial charge on any atom is -0.481 e. The van der Waals surface area contributed by atoms with Crippen LogP contribution >= 0.6 is 22.6 Å². The molecule has 0 aromatic heterocycles. The summed E-state index contributed by atoms with van der Waals surface area (Å²) in [7, 11) is 0. The predicted octanol–water partition coefficient (Wildman–Crippen LogP) is 3.62. The number of aryl methyl sites for hydroxylation is 1. The second kappa shape index (κ2) is 5.83. The standard InChI is InChI=1S/C16H14INO2/c17-12-5-3-6-13(10-12)20-15-9-8-11-4-1-2-7-14(11)18-16(15)19/h1-7,10,15H,8-9H2,(H,18,19). The third kappa shape index (κ3) is 2.95. The fraction of sp³-hybridized carbons (Fsp3) is 0.188. The topological polar surface area (TPSA) is 38.3 Å². The van der Waals surface area contributed by atoms with Gasteiger partial charge in [0.2, 0.25) is 0 Å². The second-order valence-electron chi connectivity index (χ2n) is 4.75. The maximum atomic E-state index is 12.2. The van der Waals surface area contributed by atoms with Crippen molar-refractivity contribution in [1.29, 1.82) is 0 Å². The minimum atomic E-state index is -0.444. The molecular weight excluding hydrogens is 365 g/mol. The van der Waals surface area contributed by atoms with Crippen LogP contribution in [0.3, 0.4) is 0 Å². The van der Waals surface area contributed by atoms with E-state index >= 15 is 0 Å². The number of anilines is 1.